The summed E-state index contributed by atoms with van der Waals surface area (Å²) in [6.07, 6.45) is 14.1. The molecule has 0 amide bonds. The molecule has 1 aromatic carbocycles. The van der Waals surface area contributed by atoms with E-state index < -0.39 is 0 Å². The Morgan fingerprint density at radius 2 is 1.65 bits per heavy atom. The van der Waals surface area contributed by atoms with Gasteiger partial charge in [0.1, 0.15) is 0 Å². The number of benzene rings is 1. The minimum atomic E-state index is 0.571. The third-order valence-corrected chi connectivity index (χ3v) is 6.76. The van der Waals surface area contributed by atoms with Crippen molar-refractivity contribution in [3.8, 4) is 0 Å². The van der Waals surface area contributed by atoms with Gasteiger partial charge in [-0.1, -0.05) is 64.3 Å². The van der Waals surface area contributed by atoms with Crippen LogP contribution in [0.3, 0.4) is 0 Å². The van der Waals surface area contributed by atoms with Crippen molar-refractivity contribution < 1.29 is 0 Å². The molecule has 0 heteroatoms. The van der Waals surface area contributed by atoms with E-state index in [1.54, 1.807) is 11.1 Å². The van der Waals surface area contributed by atoms with E-state index in [1.807, 2.05) is 0 Å². The summed E-state index contributed by atoms with van der Waals surface area (Å²) >= 11 is 0. The van der Waals surface area contributed by atoms with E-state index in [0.717, 1.165) is 17.8 Å². The molecule has 2 aliphatic carbocycles. The predicted molar refractivity (Wildman–Crippen MR) is 101 cm³/mol. The smallest absolute Gasteiger partial charge is 0.0162 e. The van der Waals surface area contributed by atoms with E-state index in [1.165, 1.54) is 64.2 Å². The molecule has 23 heavy (non-hydrogen) atoms. The molecule has 128 valence electrons. The van der Waals surface area contributed by atoms with Crippen molar-refractivity contribution in [3.05, 3.63) is 35.4 Å². The van der Waals surface area contributed by atoms with Crippen LogP contribution in [0.25, 0.3) is 0 Å². The van der Waals surface area contributed by atoms with E-state index >= 15 is 0 Å². The van der Waals surface area contributed by atoms with Crippen molar-refractivity contribution in [3.63, 3.8) is 0 Å². The van der Waals surface area contributed by atoms with Crippen LogP contribution in [0.15, 0.2) is 24.3 Å². The van der Waals surface area contributed by atoms with E-state index in [9.17, 15) is 0 Å². The lowest BCUT2D eigenvalue weighted by atomic mass is 9.66. The highest BCUT2D eigenvalue weighted by Crippen LogP contribution is 2.43. The SMILES string of the molecule is CC1CCC(C)(C)C[C@@H]1CCc1ccc(C2CCCCC2)cc1. The zero-order valence-electron chi connectivity index (χ0n) is 15.6. The van der Waals surface area contributed by atoms with Crippen LogP contribution in [0, 0.1) is 17.3 Å². The maximum atomic E-state index is 2.48. The lowest BCUT2D eigenvalue weighted by Crippen LogP contribution is -2.28. The third kappa shape index (κ3) is 4.61. The van der Waals surface area contributed by atoms with Crippen molar-refractivity contribution in [2.24, 2.45) is 17.3 Å². The highest BCUT2D eigenvalue weighted by atomic mass is 14.4. The molecule has 0 saturated heterocycles. The van der Waals surface area contributed by atoms with Gasteiger partial charge < -0.3 is 0 Å². The highest BCUT2D eigenvalue weighted by molar-refractivity contribution is 5.26. The zero-order valence-corrected chi connectivity index (χ0v) is 15.6. The molecule has 2 atom stereocenters. The van der Waals surface area contributed by atoms with Gasteiger partial charge in [-0.3, -0.25) is 0 Å². The summed E-state index contributed by atoms with van der Waals surface area (Å²) in [5.41, 5.74) is 3.72. The maximum absolute atomic E-state index is 2.48. The molecule has 1 aromatic rings. The molecule has 0 heterocycles. The molecule has 0 aromatic heterocycles. The number of hydrogen-bond acceptors (Lipinski definition) is 0. The predicted octanol–water partition coefficient (Wildman–Crippen LogP) is 7.13. The van der Waals surface area contributed by atoms with Crippen molar-refractivity contribution in [2.75, 3.05) is 0 Å². The van der Waals surface area contributed by atoms with Crippen LogP contribution in [0.1, 0.15) is 95.6 Å². The summed E-state index contributed by atoms with van der Waals surface area (Å²) in [6.45, 7) is 7.40. The molecule has 0 nitrogen and oxygen atoms in total. The van der Waals surface area contributed by atoms with Gasteiger partial charge in [-0.25, -0.2) is 0 Å². The molecule has 0 spiro atoms. The lowest BCUT2D eigenvalue weighted by Gasteiger charge is -2.39. The van der Waals surface area contributed by atoms with Crippen LogP contribution < -0.4 is 0 Å². The molecule has 0 radical (unpaired) electrons. The Morgan fingerprint density at radius 1 is 0.957 bits per heavy atom. The molecule has 1 unspecified atom stereocenters. The Hall–Kier alpha value is -0.780. The van der Waals surface area contributed by atoms with Crippen LogP contribution in [-0.4, -0.2) is 0 Å². The fraction of sp³-hybridized carbons (Fsp3) is 0.739. The Labute approximate surface area is 144 Å². The van der Waals surface area contributed by atoms with Gasteiger partial charge in [0.05, 0.1) is 0 Å². The van der Waals surface area contributed by atoms with Crippen molar-refractivity contribution in [2.45, 2.75) is 90.9 Å². The van der Waals surface area contributed by atoms with Crippen molar-refractivity contribution >= 4 is 0 Å². The summed E-state index contributed by atoms with van der Waals surface area (Å²) in [5, 5.41) is 0. The molecule has 2 saturated carbocycles. The van der Waals surface area contributed by atoms with Gasteiger partial charge in [-0.05, 0) is 79.2 Å². The highest BCUT2D eigenvalue weighted by Gasteiger charge is 2.32. The topological polar surface area (TPSA) is 0 Å². The fourth-order valence-corrected chi connectivity index (χ4v) is 5.00. The van der Waals surface area contributed by atoms with Crippen molar-refractivity contribution in [1.29, 1.82) is 0 Å². The molecule has 3 rings (SSSR count). The Morgan fingerprint density at radius 3 is 2.35 bits per heavy atom. The monoisotopic (exact) mass is 312 g/mol. The average molecular weight is 313 g/mol. The lowest BCUT2D eigenvalue weighted by molar-refractivity contribution is 0.121. The van der Waals surface area contributed by atoms with Crippen LogP contribution in [0.2, 0.25) is 0 Å². The summed E-state index contributed by atoms with van der Waals surface area (Å²) < 4.78 is 0. The summed E-state index contributed by atoms with van der Waals surface area (Å²) in [6, 6.07) is 9.70. The van der Waals surface area contributed by atoms with Gasteiger partial charge >= 0.3 is 0 Å². The Balaban J connectivity index is 1.54. The maximum Gasteiger partial charge on any atom is -0.0162 e. The Bertz CT molecular complexity index is 475. The third-order valence-electron chi connectivity index (χ3n) is 6.76. The van der Waals surface area contributed by atoms with Crippen LogP contribution in [0.4, 0.5) is 0 Å². The second kappa shape index (κ2) is 7.41. The van der Waals surface area contributed by atoms with Crippen LogP contribution in [-0.2, 0) is 6.42 Å². The summed E-state index contributed by atoms with van der Waals surface area (Å²) in [4.78, 5) is 0. The first kappa shape index (κ1) is 17.1. The summed E-state index contributed by atoms with van der Waals surface area (Å²) in [5.74, 6) is 2.69. The molecule has 0 bridgehead atoms. The van der Waals surface area contributed by atoms with Crippen LogP contribution in [0.5, 0.6) is 0 Å². The minimum absolute atomic E-state index is 0.571. The number of rotatable bonds is 4. The van der Waals surface area contributed by atoms with Gasteiger partial charge in [0.15, 0.2) is 0 Å². The van der Waals surface area contributed by atoms with E-state index in [2.05, 4.69) is 45.0 Å². The van der Waals surface area contributed by atoms with Gasteiger partial charge in [-0.15, -0.1) is 0 Å². The second-order valence-electron chi connectivity index (χ2n) is 9.26. The van der Waals surface area contributed by atoms with Gasteiger partial charge in [0, 0.05) is 0 Å². The number of aryl methyl sites for hydroxylation is 1. The largest absolute Gasteiger partial charge is 0.0622 e. The normalized spacial score (nSPS) is 28.7. The molecular weight excluding hydrogens is 276 g/mol. The van der Waals surface area contributed by atoms with Crippen molar-refractivity contribution in [1.82, 2.24) is 0 Å². The molecule has 2 aliphatic rings. The standard InChI is InChI=1S/C23H36/c1-18-15-16-23(2,3)17-22(18)14-11-19-9-12-21(13-10-19)20-7-5-4-6-8-20/h9-10,12-13,18,20,22H,4-8,11,14-17H2,1-3H3/t18?,22-/m0/s1. The first-order valence-electron chi connectivity index (χ1n) is 10.1. The second-order valence-corrected chi connectivity index (χ2v) is 9.26. The quantitative estimate of drug-likeness (QED) is 0.554. The molecule has 0 N–H and O–H groups in total. The van der Waals surface area contributed by atoms with Gasteiger partial charge in [-0.2, -0.15) is 0 Å². The van der Waals surface area contributed by atoms with Crippen LogP contribution >= 0.6 is 0 Å². The first-order chi connectivity index (χ1) is 11.0. The summed E-state index contributed by atoms with van der Waals surface area (Å²) in [7, 11) is 0. The van der Waals surface area contributed by atoms with Gasteiger partial charge in [0.2, 0.25) is 0 Å². The average Bonchev–Trinajstić information content (AvgIpc) is 2.57. The first-order valence-corrected chi connectivity index (χ1v) is 10.1. The zero-order chi connectivity index (χ0) is 16.3. The molecule has 2 fully saturated rings. The Kier molecular flexibility index (Phi) is 5.49. The van der Waals surface area contributed by atoms with E-state index in [0.29, 0.717) is 5.41 Å². The fourth-order valence-electron chi connectivity index (χ4n) is 5.00. The van der Waals surface area contributed by atoms with E-state index in [-0.39, 0.29) is 0 Å². The number of hydrogen-bond donors (Lipinski definition) is 0. The molecule has 0 aliphatic heterocycles. The van der Waals surface area contributed by atoms with Gasteiger partial charge in [0.25, 0.3) is 0 Å². The molecular formula is C23H36. The minimum Gasteiger partial charge on any atom is -0.0622 e. The van der Waals surface area contributed by atoms with E-state index in [4.69, 9.17) is 0 Å².